The van der Waals surface area contributed by atoms with Gasteiger partial charge in [-0.15, -0.1) is 0 Å². The van der Waals surface area contributed by atoms with Gasteiger partial charge in [-0.2, -0.15) is 5.10 Å². The lowest BCUT2D eigenvalue weighted by Gasteiger charge is -2.14. The van der Waals surface area contributed by atoms with Crippen LogP contribution < -0.4 is 11.3 Å². The Bertz CT molecular complexity index is 661. The maximum atomic E-state index is 11.4. The van der Waals surface area contributed by atoms with Crippen LogP contribution in [0, 0.1) is 0 Å². The van der Waals surface area contributed by atoms with Crippen molar-refractivity contribution in [2.75, 3.05) is 6.26 Å². The molecule has 0 aliphatic rings. The number of nitrogens with one attached hydrogen (secondary N) is 1. The number of nitrogens with two attached hydrogens (primary N) is 1. The quantitative estimate of drug-likeness (QED) is 0.624. The number of hydrogen-bond acceptors (Lipinski definition) is 5. The molecular weight excluding hydrogens is 264 g/mol. The van der Waals surface area contributed by atoms with Crippen LogP contribution in [0.4, 0.5) is 0 Å². The second kappa shape index (κ2) is 5.12. The van der Waals surface area contributed by atoms with E-state index in [4.69, 9.17) is 5.84 Å². The van der Waals surface area contributed by atoms with Crippen molar-refractivity contribution in [3.8, 4) is 0 Å². The van der Waals surface area contributed by atoms with Crippen LogP contribution in [0.5, 0.6) is 0 Å². The molecule has 19 heavy (non-hydrogen) atoms. The number of sulfone groups is 1. The number of rotatable bonds is 4. The molecule has 0 saturated carbocycles. The SMILES string of the molecule is Cn1ccc(C(NN)c2ccc(S(C)(=O)=O)cc2)n1. The van der Waals surface area contributed by atoms with Crippen molar-refractivity contribution in [3.05, 3.63) is 47.8 Å². The van der Waals surface area contributed by atoms with Crippen molar-refractivity contribution in [2.45, 2.75) is 10.9 Å². The molecular formula is C12H16N4O2S. The Morgan fingerprint density at radius 2 is 1.89 bits per heavy atom. The molecule has 0 spiro atoms. The summed E-state index contributed by atoms with van der Waals surface area (Å²) in [5, 5.41) is 4.29. The Morgan fingerprint density at radius 3 is 2.32 bits per heavy atom. The van der Waals surface area contributed by atoms with Crippen LogP contribution in [-0.4, -0.2) is 24.5 Å². The van der Waals surface area contributed by atoms with Gasteiger partial charge in [-0.25, -0.2) is 13.8 Å². The molecule has 1 aromatic carbocycles. The summed E-state index contributed by atoms with van der Waals surface area (Å²) in [6.45, 7) is 0. The molecule has 1 unspecified atom stereocenters. The number of hydrazine groups is 1. The maximum absolute atomic E-state index is 11.4. The van der Waals surface area contributed by atoms with E-state index in [1.165, 1.54) is 6.26 Å². The highest BCUT2D eigenvalue weighted by atomic mass is 32.2. The average Bonchev–Trinajstić information content (AvgIpc) is 2.76. The number of nitrogens with zero attached hydrogens (tertiary/aromatic N) is 2. The summed E-state index contributed by atoms with van der Waals surface area (Å²) >= 11 is 0. The summed E-state index contributed by atoms with van der Waals surface area (Å²) in [5.41, 5.74) is 4.31. The largest absolute Gasteiger partial charge is 0.275 e. The first-order valence-corrected chi connectivity index (χ1v) is 7.56. The van der Waals surface area contributed by atoms with E-state index in [-0.39, 0.29) is 10.9 Å². The lowest BCUT2D eigenvalue weighted by atomic mass is 10.1. The van der Waals surface area contributed by atoms with E-state index < -0.39 is 9.84 Å². The molecule has 0 aliphatic heterocycles. The van der Waals surface area contributed by atoms with E-state index in [1.54, 1.807) is 28.9 Å². The van der Waals surface area contributed by atoms with Crippen molar-refractivity contribution < 1.29 is 8.42 Å². The zero-order valence-electron chi connectivity index (χ0n) is 10.7. The molecule has 0 radical (unpaired) electrons. The Balaban J connectivity index is 2.35. The third kappa shape index (κ3) is 3.01. The van der Waals surface area contributed by atoms with Crippen molar-refractivity contribution in [1.82, 2.24) is 15.2 Å². The van der Waals surface area contributed by atoms with Crippen LogP contribution in [0.2, 0.25) is 0 Å². The molecule has 0 amide bonds. The topological polar surface area (TPSA) is 90.0 Å². The molecule has 0 aliphatic carbocycles. The van der Waals surface area contributed by atoms with Gasteiger partial charge in [-0.05, 0) is 23.8 Å². The summed E-state index contributed by atoms with van der Waals surface area (Å²) in [7, 11) is -1.36. The summed E-state index contributed by atoms with van der Waals surface area (Å²) in [5.74, 6) is 5.55. The highest BCUT2D eigenvalue weighted by Gasteiger charge is 2.16. The van der Waals surface area contributed by atoms with E-state index in [1.807, 2.05) is 19.3 Å². The smallest absolute Gasteiger partial charge is 0.175 e. The highest BCUT2D eigenvalue weighted by Crippen LogP contribution is 2.21. The Labute approximate surface area is 112 Å². The first kappa shape index (κ1) is 13.7. The van der Waals surface area contributed by atoms with Crippen LogP contribution in [0.25, 0.3) is 0 Å². The van der Waals surface area contributed by atoms with Crippen LogP contribution in [-0.2, 0) is 16.9 Å². The minimum absolute atomic E-state index is 0.269. The number of benzene rings is 1. The zero-order chi connectivity index (χ0) is 14.0. The number of aryl methyl sites for hydroxylation is 1. The molecule has 1 heterocycles. The number of hydrogen-bond donors (Lipinski definition) is 2. The second-order valence-electron chi connectivity index (χ2n) is 4.36. The van der Waals surface area contributed by atoms with Crippen molar-refractivity contribution in [2.24, 2.45) is 12.9 Å². The molecule has 2 rings (SSSR count). The van der Waals surface area contributed by atoms with Gasteiger partial charge in [0.15, 0.2) is 9.84 Å². The van der Waals surface area contributed by atoms with Crippen molar-refractivity contribution >= 4 is 9.84 Å². The van der Waals surface area contributed by atoms with Gasteiger partial charge < -0.3 is 0 Å². The highest BCUT2D eigenvalue weighted by molar-refractivity contribution is 7.90. The van der Waals surface area contributed by atoms with Crippen molar-refractivity contribution in [3.63, 3.8) is 0 Å². The summed E-state index contributed by atoms with van der Waals surface area (Å²) in [4.78, 5) is 0.285. The van der Waals surface area contributed by atoms with Crippen LogP contribution in [0.15, 0.2) is 41.4 Å². The van der Waals surface area contributed by atoms with E-state index >= 15 is 0 Å². The van der Waals surface area contributed by atoms with Gasteiger partial charge in [-0.3, -0.25) is 10.5 Å². The third-order valence-electron chi connectivity index (χ3n) is 2.84. The molecule has 2 aromatic rings. The Morgan fingerprint density at radius 1 is 1.26 bits per heavy atom. The van der Waals surface area contributed by atoms with Crippen molar-refractivity contribution in [1.29, 1.82) is 0 Å². The molecule has 3 N–H and O–H groups in total. The molecule has 7 heteroatoms. The third-order valence-corrected chi connectivity index (χ3v) is 3.97. The lowest BCUT2D eigenvalue weighted by Crippen LogP contribution is -2.29. The molecule has 1 aromatic heterocycles. The van der Waals surface area contributed by atoms with Gasteiger partial charge in [-0.1, -0.05) is 12.1 Å². The maximum Gasteiger partial charge on any atom is 0.175 e. The standard InChI is InChI=1S/C12H16N4O2S/c1-16-8-7-11(15-16)12(14-13)9-3-5-10(6-4-9)19(2,17)18/h3-8,12,14H,13H2,1-2H3. The molecule has 0 fully saturated rings. The Hall–Kier alpha value is -1.70. The van der Waals surface area contributed by atoms with Gasteiger partial charge >= 0.3 is 0 Å². The van der Waals surface area contributed by atoms with Crippen LogP contribution in [0.1, 0.15) is 17.3 Å². The molecule has 0 saturated heterocycles. The minimum atomic E-state index is -3.18. The summed E-state index contributed by atoms with van der Waals surface area (Å²) in [6, 6.07) is 8.19. The fourth-order valence-electron chi connectivity index (χ4n) is 1.85. The first-order chi connectivity index (χ1) is 8.91. The molecule has 1 atom stereocenters. The predicted octanol–water partition coefficient (Wildman–Crippen LogP) is 0.376. The normalized spacial score (nSPS) is 13.4. The number of aromatic nitrogens is 2. The average molecular weight is 280 g/mol. The molecule has 6 nitrogen and oxygen atoms in total. The van der Waals surface area contributed by atoms with E-state index in [9.17, 15) is 8.42 Å². The van der Waals surface area contributed by atoms with E-state index in [0.717, 1.165) is 11.3 Å². The molecule has 102 valence electrons. The van der Waals surface area contributed by atoms with E-state index in [0.29, 0.717) is 0 Å². The second-order valence-corrected chi connectivity index (χ2v) is 6.37. The van der Waals surface area contributed by atoms with Gasteiger partial charge in [0.2, 0.25) is 0 Å². The monoisotopic (exact) mass is 280 g/mol. The van der Waals surface area contributed by atoms with Gasteiger partial charge in [0, 0.05) is 19.5 Å². The van der Waals surface area contributed by atoms with Gasteiger partial charge in [0.1, 0.15) is 0 Å². The zero-order valence-corrected chi connectivity index (χ0v) is 11.6. The van der Waals surface area contributed by atoms with Crippen LogP contribution in [0.3, 0.4) is 0 Å². The Kier molecular flexibility index (Phi) is 3.70. The minimum Gasteiger partial charge on any atom is -0.275 e. The fraction of sp³-hybridized carbons (Fsp3) is 0.250. The van der Waals surface area contributed by atoms with Gasteiger partial charge in [0.05, 0.1) is 16.6 Å². The predicted molar refractivity (Wildman–Crippen MR) is 71.9 cm³/mol. The first-order valence-electron chi connectivity index (χ1n) is 5.67. The van der Waals surface area contributed by atoms with Crippen LogP contribution >= 0.6 is 0 Å². The summed E-state index contributed by atoms with van der Waals surface area (Å²) in [6.07, 6.45) is 3.00. The summed E-state index contributed by atoms with van der Waals surface area (Å²) < 4.78 is 24.5. The fourth-order valence-corrected chi connectivity index (χ4v) is 2.48. The van der Waals surface area contributed by atoms with E-state index in [2.05, 4.69) is 10.5 Å². The molecule has 0 bridgehead atoms. The lowest BCUT2D eigenvalue weighted by molar-refractivity contribution is 0.599. The van der Waals surface area contributed by atoms with Gasteiger partial charge in [0.25, 0.3) is 0 Å².